The summed E-state index contributed by atoms with van der Waals surface area (Å²) in [4.78, 5) is 2.59. The van der Waals surface area contributed by atoms with Gasteiger partial charge in [-0.25, -0.2) is 0 Å². The Morgan fingerprint density at radius 2 is 0.911 bits per heavy atom. The normalized spacial score (nSPS) is 14.4. The van der Waals surface area contributed by atoms with Crippen LogP contribution in [-0.4, -0.2) is 4.57 Å². The first-order valence-corrected chi connectivity index (χ1v) is 19.8. The van der Waals surface area contributed by atoms with Gasteiger partial charge < -0.3 is 9.47 Å². The number of benzene rings is 8. The smallest absolute Gasteiger partial charge is 0.0562 e. The van der Waals surface area contributed by atoms with Crippen molar-refractivity contribution in [3.63, 3.8) is 0 Å². The molecule has 0 unspecified atom stereocenters. The number of aromatic nitrogens is 1. The minimum atomic E-state index is -0.224. The molecular weight excluding hydrogens is 677 g/mol. The maximum absolute atomic E-state index is 2.59. The van der Waals surface area contributed by atoms with Crippen LogP contribution >= 0.6 is 0 Å². The first kappa shape index (κ1) is 32.8. The van der Waals surface area contributed by atoms with E-state index in [2.05, 4.69) is 219 Å². The molecule has 2 aliphatic rings. The molecule has 1 aromatic heterocycles. The standard InChI is InChI=1S/C54H42N2/c1-53(2)43-28-13-9-23-40(43)50-38(25-16-29-44(50)53)37-22-10-14-30-45(37)56(49-34-17-26-39-36-21-8-12-27-42(36)54(3,4)52(39)49)48-33-18-32-47-51(48)41-24-11-15-31-46(41)55(47)35-19-6-5-7-20-35/h5-34H,1-4H3. The van der Waals surface area contributed by atoms with Gasteiger partial charge in [-0.3, -0.25) is 0 Å². The molecule has 11 rings (SSSR count). The van der Waals surface area contributed by atoms with E-state index in [1.54, 1.807) is 0 Å². The van der Waals surface area contributed by atoms with Crippen molar-refractivity contribution >= 4 is 38.9 Å². The molecule has 0 amide bonds. The fraction of sp³-hybridized carbons (Fsp3) is 0.111. The summed E-state index contributed by atoms with van der Waals surface area (Å²) in [6.45, 7) is 9.54. The van der Waals surface area contributed by atoms with Crippen LogP contribution in [-0.2, 0) is 10.8 Å². The molecular formula is C54H42N2. The van der Waals surface area contributed by atoms with E-state index in [0.29, 0.717) is 0 Å². The average Bonchev–Trinajstić information content (AvgIpc) is 3.79. The fourth-order valence-electron chi connectivity index (χ4n) is 10.3. The van der Waals surface area contributed by atoms with Crippen LogP contribution in [0.25, 0.3) is 60.9 Å². The molecule has 2 heteroatoms. The molecule has 0 atom stereocenters. The highest BCUT2D eigenvalue weighted by Crippen LogP contribution is 2.58. The van der Waals surface area contributed by atoms with Crippen LogP contribution in [0.15, 0.2) is 182 Å². The van der Waals surface area contributed by atoms with Crippen molar-refractivity contribution in [2.24, 2.45) is 0 Å². The zero-order valence-electron chi connectivity index (χ0n) is 32.2. The molecule has 9 aromatic rings. The zero-order valence-corrected chi connectivity index (χ0v) is 32.2. The van der Waals surface area contributed by atoms with Gasteiger partial charge >= 0.3 is 0 Å². The number of hydrogen-bond donors (Lipinski definition) is 0. The molecule has 2 nitrogen and oxygen atoms in total. The van der Waals surface area contributed by atoms with Crippen LogP contribution in [0.1, 0.15) is 49.9 Å². The van der Waals surface area contributed by atoms with Gasteiger partial charge in [0.2, 0.25) is 0 Å². The fourth-order valence-corrected chi connectivity index (χ4v) is 10.3. The van der Waals surface area contributed by atoms with Gasteiger partial charge in [0, 0.05) is 32.9 Å². The maximum atomic E-state index is 2.59. The van der Waals surface area contributed by atoms with Gasteiger partial charge in [0.25, 0.3) is 0 Å². The average molecular weight is 719 g/mol. The molecule has 0 saturated heterocycles. The third-order valence-electron chi connectivity index (χ3n) is 12.8. The van der Waals surface area contributed by atoms with Gasteiger partial charge in [0.1, 0.15) is 0 Å². The van der Waals surface area contributed by atoms with E-state index in [-0.39, 0.29) is 10.8 Å². The summed E-state index contributed by atoms with van der Waals surface area (Å²) in [7, 11) is 0. The molecule has 0 spiro atoms. The highest BCUT2D eigenvalue weighted by molar-refractivity contribution is 6.17. The third kappa shape index (κ3) is 4.44. The summed E-state index contributed by atoms with van der Waals surface area (Å²) < 4.78 is 2.43. The molecule has 0 saturated carbocycles. The van der Waals surface area contributed by atoms with Crippen molar-refractivity contribution in [1.29, 1.82) is 0 Å². The number of anilines is 3. The molecule has 8 aromatic carbocycles. The minimum absolute atomic E-state index is 0.0997. The quantitative estimate of drug-likeness (QED) is 0.172. The summed E-state index contributed by atoms with van der Waals surface area (Å²) in [5.74, 6) is 0. The lowest BCUT2D eigenvalue weighted by molar-refractivity contribution is 0.660. The van der Waals surface area contributed by atoms with Gasteiger partial charge in [-0.1, -0.05) is 167 Å². The maximum Gasteiger partial charge on any atom is 0.0562 e. The SMILES string of the molecule is CC1(C)c2ccccc2-c2c(-c3ccccc3N(c3cccc4c3C(C)(C)c3ccccc3-4)c3cccc4c3c3ccccc3n4-c3ccccc3)cccc21. The van der Waals surface area contributed by atoms with Gasteiger partial charge in [-0.05, 0) is 92.5 Å². The van der Waals surface area contributed by atoms with E-state index < -0.39 is 0 Å². The monoisotopic (exact) mass is 718 g/mol. The van der Waals surface area contributed by atoms with E-state index in [4.69, 9.17) is 0 Å². The lowest BCUT2D eigenvalue weighted by atomic mass is 9.81. The highest BCUT2D eigenvalue weighted by atomic mass is 15.2. The second kappa shape index (κ2) is 11.9. The molecule has 1 heterocycles. The van der Waals surface area contributed by atoms with E-state index in [0.717, 1.165) is 17.1 Å². The molecule has 0 radical (unpaired) electrons. The van der Waals surface area contributed by atoms with E-state index >= 15 is 0 Å². The minimum Gasteiger partial charge on any atom is -0.309 e. The molecule has 0 aliphatic heterocycles. The Labute approximate surface area is 328 Å². The lowest BCUT2D eigenvalue weighted by Crippen LogP contribution is -2.21. The Kier molecular flexibility index (Phi) is 6.98. The van der Waals surface area contributed by atoms with Crippen molar-refractivity contribution in [2.75, 3.05) is 4.90 Å². The number of para-hydroxylation sites is 3. The van der Waals surface area contributed by atoms with Gasteiger partial charge in [-0.2, -0.15) is 0 Å². The first-order chi connectivity index (χ1) is 27.4. The number of rotatable bonds is 5. The Morgan fingerprint density at radius 3 is 1.73 bits per heavy atom. The summed E-state index contributed by atoms with van der Waals surface area (Å²) in [5.41, 5.74) is 20.0. The van der Waals surface area contributed by atoms with Crippen LogP contribution in [0.5, 0.6) is 0 Å². The summed E-state index contributed by atoms with van der Waals surface area (Å²) in [6, 6.07) is 67.5. The third-order valence-corrected chi connectivity index (χ3v) is 12.8. The number of nitrogens with zero attached hydrogens (tertiary/aromatic N) is 2. The largest absolute Gasteiger partial charge is 0.309 e. The van der Waals surface area contributed by atoms with Crippen molar-refractivity contribution in [1.82, 2.24) is 4.57 Å². The second-order valence-corrected chi connectivity index (χ2v) is 16.5. The van der Waals surface area contributed by atoms with Crippen molar-refractivity contribution in [3.8, 4) is 39.1 Å². The number of fused-ring (bicyclic) bond motifs is 9. The molecule has 56 heavy (non-hydrogen) atoms. The van der Waals surface area contributed by atoms with Crippen LogP contribution < -0.4 is 4.90 Å². The topological polar surface area (TPSA) is 8.17 Å². The Balaban J connectivity index is 1.26. The Morgan fingerprint density at radius 1 is 0.375 bits per heavy atom. The molecule has 0 N–H and O–H groups in total. The van der Waals surface area contributed by atoms with E-state index in [1.807, 2.05) is 0 Å². The summed E-state index contributed by atoms with van der Waals surface area (Å²) in [6.07, 6.45) is 0. The van der Waals surface area contributed by atoms with Crippen LogP contribution in [0.4, 0.5) is 17.1 Å². The summed E-state index contributed by atoms with van der Waals surface area (Å²) >= 11 is 0. The number of hydrogen-bond acceptors (Lipinski definition) is 1. The summed E-state index contributed by atoms with van der Waals surface area (Å²) in [5, 5.41) is 2.47. The second-order valence-electron chi connectivity index (χ2n) is 16.5. The van der Waals surface area contributed by atoms with Crippen molar-refractivity contribution in [2.45, 2.75) is 38.5 Å². The first-order valence-electron chi connectivity index (χ1n) is 19.8. The molecule has 0 fully saturated rings. The molecule has 2 aliphatic carbocycles. The highest BCUT2D eigenvalue weighted by Gasteiger charge is 2.40. The van der Waals surface area contributed by atoms with Crippen LogP contribution in [0.2, 0.25) is 0 Å². The zero-order chi connectivity index (χ0) is 37.8. The van der Waals surface area contributed by atoms with E-state index in [9.17, 15) is 0 Å². The molecule has 0 bridgehead atoms. The van der Waals surface area contributed by atoms with Gasteiger partial charge in [-0.15, -0.1) is 0 Å². The predicted octanol–water partition coefficient (Wildman–Crippen LogP) is 14.5. The molecule has 268 valence electrons. The van der Waals surface area contributed by atoms with E-state index in [1.165, 1.54) is 83.1 Å². The van der Waals surface area contributed by atoms with Crippen LogP contribution in [0.3, 0.4) is 0 Å². The predicted molar refractivity (Wildman–Crippen MR) is 236 cm³/mol. The Hall–Kier alpha value is -6.64. The van der Waals surface area contributed by atoms with Crippen LogP contribution in [0, 0.1) is 0 Å². The van der Waals surface area contributed by atoms with Gasteiger partial charge in [0.05, 0.1) is 28.1 Å². The van der Waals surface area contributed by atoms with Crippen molar-refractivity contribution in [3.05, 3.63) is 204 Å². The lowest BCUT2D eigenvalue weighted by Gasteiger charge is -2.34. The van der Waals surface area contributed by atoms with Gasteiger partial charge in [0.15, 0.2) is 0 Å². The Bertz CT molecular complexity index is 3030. The van der Waals surface area contributed by atoms with Crippen molar-refractivity contribution < 1.29 is 0 Å².